The Kier molecular flexibility index (Phi) is 37.5. The highest BCUT2D eigenvalue weighted by Gasteiger charge is 2.26. The quantitative estimate of drug-likeness (QED) is 0.0165. The molecular formula is C46H85NO7P+. The van der Waals surface area contributed by atoms with Crippen LogP contribution < -0.4 is 0 Å². The molecule has 0 aromatic carbocycles. The smallest absolute Gasteiger partial charge is 0.472 e. The molecule has 320 valence electrons. The number of carbonyl (C=O) groups excluding carboxylic acids is 1. The molecule has 0 bridgehead atoms. The number of phosphoric ester groups is 1. The van der Waals surface area contributed by atoms with E-state index >= 15 is 0 Å². The van der Waals surface area contributed by atoms with Gasteiger partial charge in [0.05, 0.1) is 34.0 Å². The highest BCUT2D eigenvalue weighted by Crippen LogP contribution is 2.43. The first kappa shape index (κ1) is 53.0. The van der Waals surface area contributed by atoms with E-state index < -0.39 is 19.9 Å². The fourth-order valence-electron chi connectivity index (χ4n) is 5.70. The van der Waals surface area contributed by atoms with Crippen molar-refractivity contribution in [2.75, 3.05) is 47.5 Å². The van der Waals surface area contributed by atoms with Crippen molar-refractivity contribution >= 4 is 13.8 Å². The second kappa shape index (κ2) is 38.9. The lowest BCUT2D eigenvalue weighted by Crippen LogP contribution is -2.37. The predicted octanol–water partition coefficient (Wildman–Crippen LogP) is 13.3. The number of likely N-dealkylation sites (N-methyl/N-ethyl adjacent to an activating group) is 1. The Morgan fingerprint density at radius 1 is 0.582 bits per heavy atom. The van der Waals surface area contributed by atoms with Crippen LogP contribution >= 0.6 is 7.82 Å². The first-order chi connectivity index (χ1) is 26.6. The van der Waals surface area contributed by atoms with Gasteiger partial charge in [-0.2, -0.15) is 0 Å². The summed E-state index contributed by atoms with van der Waals surface area (Å²) in [5, 5.41) is 0. The summed E-state index contributed by atoms with van der Waals surface area (Å²) in [7, 11) is 1.59. The molecule has 0 amide bonds. The Morgan fingerprint density at radius 2 is 1.02 bits per heavy atom. The summed E-state index contributed by atoms with van der Waals surface area (Å²) in [6, 6.07) is 0. The van der Waals surface area contributed by atoms with Gasteiger partial charge in [0.15, 0.2) is 6.10 Å². The van der Waals surface area contributed by atoms with E-state index in [4.69, 9.17) is 18.5 Å². The number of carbonyl (C=O) groups is 1. The molecular weight excluding hydrogens is 709 g/mol. The molecule has 0 spiro atoms. The van der Waals surface area contributed by atoms with Crippen LogP contribution in [0.5, 0.6) is 0 Å². The van der Waals surface area contributed by atoms with Crippen LogP contribution in [0.25, 0.3) is 0 Å². The highest BCUT2D eigenvalue weighted by atomic mass is 31.2. The highest BCUT2D eigenvalue weighted by molar-refractivity contribution is 7.47. The van der Waals surface area contributed by atoms with Crippen molar-refractivity contribution in [3.05, 3.63) is 60.9 Å². The molecule has 0 aliphatic carbocycles. The van der Waals surface area contributed by atoms with Crippen molar-refractivity contribution < 1.29 is 37.3 Å². The predicted molar refractivity (Wildman–Crippen MR) is 233 cm³/mol. The van der Waals surface area contributed by atoms with Gasteiger partial charge in [0.1, 0.15) is 19.8 Å². The average molecular weight is 795 g/mol. The van der Waals surface area contributed by atoms with Crippen LogP contribution in [0.2, 0.25) is 0 Å². The number of ether oxygens (including phenoxy) is 2. The number of allylic oxidation sites excluding steroid dienone is 9. The molecule has 0 aromatic rings. The number of hydrogen-bond acceptors (Lipinski definition) is 6. The molecule has 2 unspecified atom stereocenters. The van der Waals surface area contributed by atoms with E-state index in [0.29, 0.717) is 17.4 Å². The van der Waals surface area contributed by atoms with Crippen molar-refractivity contribution in [2.45, 2.75) is 180 Å². The molecule has 0 aliphatic rings. The number of nitrogens with zero attached hydrogens (tertiary/aromatic N) is 1. The van der Waals surface area contributed by atoms with Gasteiger partial charge in [0.2, 0.25) is 0 Å². The Hall–Kier alpha value is -1.96. The minimum absolute atomic E-state index is 0.0181. The van der Waals surface area contributed by atoms with E-state index in [1.807, 2.05) is 39.4 Å². The van der Waals surface area contributed by atoms with Gasteiger partial charge in [-0.05, 0) is 57.4 Å². The molecule has 0 saturated heterocycles. The molecule has 0 aliphatic heterocycles. The largest absolute Gasteiger partial charge is 0.498 e. The van der Waals surface area contributed by atoms with Crippen LogP contribution in [0.15, 0.2) is 60.9 Å². The number of unbranched alkanes of at least 4 members (excludes halogenated alkanes) is 18. The molecule has 9 heteroatoms. The first-order valence-electron chi connectivity index (χ1n) is 22.1. The van der Waals surface area contributed by atoms with Crippen LogP contribution in [0, 0.1) is 0 Å². The van der Waals surface area contributed by atoms with Gasteiger partial charge in [-0.15, -0.1) is 0 Å². The topological polar surface area (TPSA) is 91.3 Å². The molecule has 1 N–H and O–H groups in total. The van der Waals surface area contributed by atoms with Crippen LogP contribution in [0.4, 0.5) is 0 Å². The van der Waals surface area contributed by atoms with Crippen LogP contribution in [-0.2, 0) is 27.9 Å². The van der Waals surface area contributed by atoms with E-state index in [0.717, 1.165) is 32.1 Å². The lowest BCUT2D eigenvalue weighted by atomic mass is 10.0. The lowest BCUT2D eigenvalue weighted by molar-refractivity contribution is -0.870. The number of rotatable bonds is 40. The molecule has 8 nitrogen and oxygen atoms in total. The molecule has 0 radical (unpaired) electrons. The van der Waals surface area contributed by atoms with E-state index in [1.165, 1.54) is 116 Å². The third kappa shape index (κ3) is 43.0. The molecule has 0 heterocycles. The molecule has 0 saturated carbocycles. The van der Waals surface area contributed by atoms with Crippen LogP contribution in [0.3, 0.4) is 0 Å². The molecule has 0 rings (SSSR count). The normalized spacial score (nSPS) is 14.3. The zero-order valence-corrected chi connectivity index (χ0v) is 37.0. The molecule has 0 fully saturated rings. The minimum Gasteiger partial charge on any atom is -0.498 e. The van der Waals surface area contributed by atoms with Crippen LogP contribution in [0.1, 0.15) is 174 Å². The Labute approximate surface area is 339 Å². The van der Waals surface area contributed by atoms with Gasteiger partial charge in [-0.25, -0.2) is 4.57 Å². The summed E-state index contributed by atoms with van der Waals surface area (Å²) in [6.07, 6.45) is 49.4. The molecule has 0 aromatic heterocycles. The maximum Gasteiger partial charge on any atom is 0.472 e. The second-order valence-electron chi connectivity index (χ2n) is 15.8. The lowest BCUT2D eigenvalue weighted by Gasteiger charge is -2.24. The number of hydrogen-bond donors (Lipinski definition) is 1. The molecule has 2 atom stereocenters. The Balaban J connectivity index is 4.41. The zero-order valence-electron chi connectivity index (χ0n) is 36.1. The second-order valence-corrected chi connectivity index (χ2v) is 17.2. The summed E-state index contributed by atoms with van der Waals surface area (Å²) in [5.74, 6) is -0.414. The van der Waals surface area contributed by atoms with Gasteiger partial charge in [0, 0.05) is 6.42 Å². The number of phosphoric acid groups is 1. The van der Waals surface area contributed by atoms with E-state index in [9.17, 15) is 14.3 Å². The van der Waals surface area contributed by atoms with Crippen molar-refractivity contribution in [1.82, 2.24) is 0 Å². The number of quaternary nitrogens is 1. The Bertz CT molecular complexity index is 1060. The fourth-order valence-corrected chi connectivity index (χ4v) is 6.44. The van der Waals surface area contributed by atoms with E-state index in [-0.39, 0.29) is 26.2 Å². The standard InChI is InChI=1S/C46H84NO7P/c1-6-8-10-12-14-16-18-20-22-24-25-27-29-31-33-35-37-39-46(48)54-45(44-53-55(49,50)52-42-40-47(3,4)5)43-51-41-38-36-34-32-30-28-26-23-21-19-17-15-13-11-9-7-2/h16,18,22,24,27,29,33,35,38,41,45H,6-15,17,19-21,23,25-26,28,30-32,34,36-37,39-40,42-44H2,1-5H3/p+1/b18-16-,24-22-,29-27-,35-33-,41-38+. The maximum absolute atomic E-state index is 12.6. The van der Waals surface area contributed by atoms with Gasteiger partial charge < -0.3 is 18.9 Å². The third-order valence-corrected chi connectivity index (χ3v) is 10.1. The summed E-state index contributed by atoms with van der Waals surface area (Å²) in [6.45, 7) is 4.83. The monoisotopic (exact) mass is 795 g/mol. The summed E-state index contributed by atoms with van der Waals surface area (Å²) < 4.78 is 34.6. The maximum atomic E-state index is 12.6. The van der Waals surface area contributed by atoms with Gasteiger partial charge in [-0.3, -0.25) is 13.8 Å². The van der Waals surface area contributed by atoms with Crippen LogP contribution in [-0.4, -0.2) is 69.0 Å². The summed E-state index contributed by atoms with van der Waals surface area (Å²) in [5.41, 5.74) is 0. The first-order valence-corrected chi connectivity index (χ1v) is 23.6. The summed E-state index contributed by atoms with van der Waals surface area (Å²) >= 11 is 0. The van der Waals surface area contributed by atoms with E-state index in [2.05, 4.69) is 50.3 Å². The van der Waals surface area contributed by atoms with Crippen molar-refractivity contribution in [3.63, 3.8) is 0 Å². The molecule has 55 heavy (non-hydrogen) atoms. The van der Waals surface area contributed by atoms with Gasteiger partial charge in [-0.1, -0.05) is 165 Å². The minimum atomic E-state index is -4.31. The van der Waals surface area contributed by atoms with Gasteiger partial charge in [0.25, 0.3) is 0 Å². The average Bonchev–Trinajstić information content (AvgIpc) is 3.13. The zero-order chi connectivity index (χ0) is 40.6. The number of esters is 1. The third-order valence-electron chi connectivity index (χ3n) is 9.16. The summed E-state index contributed by atoms with van der Waals surface area (Å²) in [4.78, 5) is 22.8. The van der Waals surface area contributed by atoms with Crippen molar-refractivity contribution in [1.29, 1.82) is 0 Å². The van der Waals surface area contributed by atoms with Gasteiger partial charge >= 0.3 is 13.8 Å². The van der Waals surface area contributed by atoms with Crippen molar-refractivity contribution in [2.24, 2.45) is 0 Å². The SMILES string of the molecule is CCCCCC/C=C\C/C=C\C/C=C\C/C=C\CCC(=O)OC(CO/C=C/CCCCCCCCCCCCCCCC)COP(=O)(O)OCC[N+](C)(C)C. The Morgan fingerprint density at radius 3 is 1.53 bits per heavy atom. The van der Waals surface area contributed by atoms with E-state index in [1.54, 1.807) is 6.26 Å². The fraction of sp³-hybridized carbons (Fsp3) is 0.761. The van der Waals surface area contributed by atoms with Crippen molar-refractivity contribution in [3.8, 4) is 0 Å².